The number of rotatable bonds is 9. The Labute approximate surface area is 196 Å². The minimum atomic E-state index is -0.114. The van der Waals surface area contributed by atoms with Crippen molar-refractivity contribution in [3.05, 3.63) is 96.1 Å². The molecule has 0 bridgehead atoms. The third-order valence-corrected chi connectivity index (χ3v) is 6.97. The molecule has 0 saturated heterocycles. The zero-order valence-electron chi connectivity index (χ0n) is 17.8. The number of aryl methyl sites for hydroxylation is 1. The lowest BCUT2D eigenvalue weighted by molar-refractivity contribution is 0.102. The van der Waals surface area contributed by atoms with Crippen LogP contribution in [-0.4, -0.2) is 23.3 Å². The molecule has 1 amide bonds. The highest BCUT2D eigenvalue weighted by molar-refractivity contribution is 8.01. The van der Waals surface area contributed by atoms with Gasteiger partial charge in [0.25, 0.3) is 5.91 Å². The number of hydrogen-bond acceptors (Lipinski definition) is 5. The Hall–Kier alpha value is -3.09. The second-order valence-corrected chi connectivity index (χ2v) is 9.65. The number of ether oxygens (including phenoxy) is 1. The number of para-hydroxylation sites is 1. The van der Waals surface area contributed by atoms with E-state index in [1.165, 1.54) is 0 Å². The van der Waals surface area contributed by atoms with Gasteiger partial charge in [-0.1, -0.05) is 53.7 Å². The topological polar surface area (TPSA) is 51.2 Å². The summed E-state index contributed by atoms with van der Waals surface area (Å²) in [5.74, 6) is 1.60. The molecule has 0 radical (unpaired) electrons. The summed E-state index contributed by atoms with van der Waals surface area (Å²) in [5, 5.41) is 2.97. The molecule has 0 fully saturated rings. The summed E-state index contributed by atoms with van der Waals surface area (Å²) in [7, 11) is 0. The lowest BCUT2D eigenvalue weighted by atomic mass is 10.1. The maximum absolute atomic E-state index is 12.5. The molecule has 0 saturated carbocycles. The van der Waals surface area contributed by atoms with Crippen LogP contribution in [0.2, 0.25) is 0 Å². The van der Waals surface area contributed by atoms with Gasteiger partial charge in [0.1, 0.15) is 5.75 Å². The first-order chi connectivity index (χ1) is 15.6. The van der Waals surface area contributed by atoms with Crippen molar-refractivity contribution in [3.8, 4) is 5.75 Å². The van der Waals surface area contributed by atoms with Gasteiger partial charge >= 0.3 is 0 Å². The van der Waals surface area contributed by atoms with Crippen LogP contribution in [-0.2, 0) is 6.42 Å². The lowest BCUT2D eigenvalue weighted by Gasteiger charge is -2.09. The van der Waals surface area contributed by atoms with E-state index in [0.717, 1.165) is 49.3 Å². The SMILES string of the molecule is C=CCc1ccccc1OCCSc1nc2ccc(NC(=O)c3ccc(C)cc3)cc2s1. The number of carbonyl (C=O) groups excluding carboxylic acids is 1. The van der Waals surface area contributed by atoms with Crippen LogP contribution in [0, 0.1) is 6.92 Å². The molecule has 0 spiro atoms. The van der Waals surface area contributed by atoms with E-state index in [-0.39, 0.29) is 5.91 Å². The van der Waals surface area contributed by atoms with Crippen LogP contribution in [0.5, 0.6) is 5.75 Å². The van der Waals surface area contributed by atoms with Gasteiger partial charge in [-0.2, -0.15) is 0 Å². The van der Waals surface area contributed by atoms with Crippen molar-refractivity contribution in [3.63, 3.8) is 0 Å². The largest absolute Gasteiger partial charge is 0.492 e. The second kappa shape index (κ2) is 10.5. The van der Waals surface area contributed by atoms with Gasteiger partial charge < -0.3 is 10.1 Å². The van der Waals surface area contributed by atoms with E-state index in [9.17, 15) is 4.79 Å². The van der Waals surface area contributed by atoms with Gasteiger partial charge in [-0.15, -0.1) is 17.9 Å². The number of nitrogens with zero attached hydrogens (tertiary/aromatic N) is 1. The normalized spacial score (nSPS) is 10.8. The number of thiazole rings is 1. The smallest absolute Gasteiger partial charge is 0.255 e. The van der Waals surface area contributed by atoms with Crippen LogP contribution >= 0.6 is 23.1 Å². The average Bonchev–Trinajstić information content (AvgIpc) is 3.20. The molecular weight excluding hydrogens is 436 g/mol. The van der Waals surface area contributed by atoms with Crippen molar-refractivity contribution >= 4 is 44.9 Å². The molecule has 0 aliphatic heterocycles. The van der Waals surface area contributed by atoms with E-state index < -0.39 is 0 Å². The van der Waals surface area contributed by atoms with Gasteiger partial charge in [0, 0.05) is 17.0 Å². The highest BCUT2D eigenvalue weighted by atomic mass is 32.2. The number of anilines is 1. The van der Waals surface area contributed by atoms with Crippen molar-refractivity contribution in [2.24, 2.45) is 0 Å². The number of fused-ring (bicyclic) bond motifs is 1. The van der Waals surface area contributed by atoms with Gasteiger partial charge in [-0.05, 0) is 55.3 Å². The van der Waals surface area contributed by atoms with Crippen LogP contribution in [0.4, 0.5) is 5.69 Å². The summed E-state index contributed by atoms with van der Waals surface area (Å²) in [4.78, 5) is 17.2. The number of thioether (sulfide) groups is 1. The Morgan fingerprint density at radius 2 is 1.97 bits per heavy atom. The maximum atomic E-state index is 12.5. The Kier molecular flexibility index (Phi) is 7.24. The number of nitrogens with one attached hydrogen (secondary N) is 1. The summed E-state index contributed by atoms with van der Waals surface area (Å²) >= 11 is 3.30. The summed E-state index contributed by atoms with van der Waals surface area (Å²) < 4.78 is 8.00. The summed E-state index contributed by atoms with van der Waals surface area (Å²) in [6.07, 6.45) is 2.68. The van der Waals surface area contributed by atoms with Gasteiger partial charge in [0.15, 0.2) is 4.34 Å². The quantitative estimate of drug-likeness (QED) is 0.170. The predicted molar refractivity (Wildman–Crippen MR) is 135 cm³/mol. The molecule has 0 atom stereocenters. The van der Waals surface area contributed by atoms with Gasteiger partial charge in [0.2, 0.25) is 0 Å². The maximum Gasteiger partial charge on any atom is 0.255 e. The molecule has 0 unspecified atom stereocenters. The first kappa shape index (κ1) is 22.1. The van der Waals surface area contributed by atoms with Crippen molar-refractivity contribution in [1.82, 2.24) is 4.98 Å². The standard InChI is InChI=1S/C26H24N2O2S2/c1-3-6-19-7-4-5-8-23(19)30-15-16-31-26-28-22-14-13-21(17-24(22)32-26)27-25(29)20-11-9-18(2)10-12-20/h3-5,7-14,17H,1,6,15-16H2,2H3,(H,27,29). The minimum absolute atomic E-state index is 0.114. The monoisotopic (exact) mass is 460 g/mol. The van der Waals surface area contributed by atoms with Crippen LogP contribution in [0.25, 0.3) is 10.2 Å². The number of aromatic nitrogens is 1. The summed E-state index contributed by atoms with van der Waals surface area (Å²) in [6, 6.07) is 21.4. The third kappa shape index (κ3) is 5.58. The molecule has 162 valence electrons. The fraction of sp³-hybridized carbons (Fsp3) is 0.154. The molecule has 4 rings (SSSR count). The summed E-state index contributed by atoms with van der Waals surface area (Å²) in [6.45, 7) is 6.41. The van der Waals surface area contributed by atoms with Crippen molar-refractivity contribution in [2.45, 2.75) is 17.7 Å². The Morgan fingerprint density at radius 1 is 1.16 bits per heavy atom. The second-order valence-electron chi connectivity index (χ2n) is 7.28. The fourth-order valence-corrected chi connectivity index (χ4v) is 5.20. The average molecular weight is 461 g/mol. The zero-order chi connectivity index (χ0) is 22.3. The first-order valence-electron chi connectivity index (χ1n) is 10.4. The van der Waals surface area contributed by atoms with Gasteiger partial charge in [-0.25, -0.2) is 4.98 Å². The van der Waals surface area contributed by atoms with Crippen LogP contribution in [0.1, 0.15) is 21.5 Å². The zero-order valence-corrected chi connectivity index (χ0v) is 19.5. The van der Waals surface area contributed by atoms with Gasteiger partial charge in [0.05, 0.1) is 16.8 Å². The fourth-order valence-electron chi connectivity index (χ4n) is 3.20. The van der Waals surface area contributed by atoms with E-state index in [0.29, 0.717) is 12.2 Å². The number of hydrogen-bond donors (Lipinski definition) is 1. The Balaban J connectivity index is 1.34. The molecule has 4 aromatic rings. The van der Waals surface area contributed by atoms with E-state index in [4.69, 9.17) is 9.72 Å². The van der Waals surface area contributed by atoms with Crippen molar-refractivity contribution in [1.29, 1.82) is 0 Å². The number of benzene rings is 3. The predicted octanol–water partition coefficient (Wildman–Crippen LogP) is 6.76. The molecule has 0 aliphatic carbocycles. The molecule has 6 heteroatoms. The number of allylic oxidation sites excluding steroid dienone is 1. The third-order valence-electron chi connectivity index (χ3n) is 4.84. The van der Waals surface area contributed by atoms with Crippen LogP contribution in [0.15, 0.2) is 83.7 Å². The first-order valence-corrected chi connectivity index (χ1v) is 12.2. The van der Waals surface area contributed by atoms with Gasteiger partial charge in [-0.3, -0.25) is 4.79 Å². The highest BCUT2D eigenvalue weighted by Gasteiger charge is 2.09. The molecular formula is C26H24N2O2S2. The van der Waals surface area contributed by atoms with Crippen molar-refractivity contribution in [2.75, 3.05) is 17.7 Å². The van der Waals surface area contributed by atoms with E-state index >= 15 is 0 Å². The van der Waals surface area contributed by atoms with E-state index in [1.54, 1.807) is 23.1 Å². The molecule has 0 aliphatic rings. The number of carbonyl (C=O) groups is 1. The Morgan fingerprint density at radius 3 is 2.78 bits per heavy atom. The highest BCUT2D eigenvalue weighted by Crippen LogP contribution is 2.31. The molecule has 3 aromatic carbocycles. The van der Waals surface area contributed by atoms with Crippen LogP contribution < -0.4 is 10.1 Å². The van der Waals surface area contributed by atoms with Crippen molar-refractivity contribution < 1.29 is 9.53 Å². The minimum Gasteiger partial charge on any atom is -0.492 e. The summed E-state index contributed by atoms with van der Waals surface area (Å²) in [5.41, 5.74) is 4.62. The number of amides is 1. The molecule has 1 N–H and O–H groups in total. The molecule has 1 aromatic heterocycles. The van der Waals surface area contributed by atoms with E-state index in [2.05, 4.69) is 18.0 Å². The molecule has 32 heavy (non-hydrogen) atoms. The van der Waals surface area contributed by atoms with Crippen LogP contribution in [0.3, 0.4) is 0 Å². The lowest BCUT2D eigenvalue weighted by Crippen LogP contribution is -2.11. The van der Waals surface area contributed by atoms with E-state index in [1.807, 2.05) is 73.7 Å². The Bertz CT molecular complexity index is 1230. The molecule has 4 nitrogen and oxygen atoms in total. The molecule has 1 heterocycles.